The minimum absolute atomic E-state index is 0.169. The van der Waals surface area contributed by atoms with E-state index in [1.54, 1.807) is 0 Å². The fourth-order valence-corrected chi connectivity index (χ4v) is 2.05. The SMILES string of the molecule is O=C(Nc1c(Cl)cccc1C(F)(F)F)C1CNCCO1. The summed E-state index contributed by atoms with van der Waals surface area (Å²) in [6.45, 7) is 1.17. The van der Waals surface area contributed by atoms with Crippen molar-refractivity contribution in [3.05, 3.63) is 28.8 Å². The van der Waals surface area contributed by atoms with Gasteiger partial charge in [0.1, 0.15) is 6.10 Å². The molecule has 1 amide bonds. The minimum atomic E-state index is -4.60. The molecule has 1 saturated heterocycles. The molecule has 8 heteroatoms. The van der Waals surface area contributed by atoms with Gasteiger partial charge in [-0.05, 0) is 12.1 Å². The monoisotopic (exact) mass is 308 g/mol. The normalized spacial score (nSPS) is 19.7. The fourth-order valence-electron chi connectivity index (χ4n) is 1.82. The molecule has 1 aromatic rings. The van der Waals surface area contributed by atoms with Crippen LogP contribution in [-0.2, 0) is 15.7 Å². The van der Waals surface area contributed by atoms with E-state index in [9.17, 15) is 18.0 Å². The maximum Gasteiger partial charge on any atom is 0.418 e. The van der Waals surface area contributed by atoms with Gasteiger partial charge in [0.25, 0.3) is 5.91 Å². The Balaban J connectivity index is 2.22. The van der Waals surface area contributed by atoms with Gasteiger partial charge in [0.15, 0.2) is 0 Å². The Kier molecular flexibility index (Phi) is 4.52. The van der Waals surface area contributed by atoms with Crippen LogP contribution in [0.25, 0.3) is 0 Å². The second kappa shape index (κ2) is 5.99. The van der Waals surface area contributed by atoms with E-state index in [1.165, 1.54) is 12.1 Å². The quantitative estimate of drug-likeness (QED) is 0.881. The summed E-state index contributed by atoms with van der Waals surface area (Å²) in [5.74, 6) is -0.657. The number of morpholine rings is 1. The first-order valence-corrected chi connectivity index (χ1v) is 6.26. The van der Waals surface area contributed by atoms with Gasteiger partial charge in [-0.2, -0.15) is 13.2 Å². The Hall–Kier alpha value is -1.31. The molecule has 1 atom stereocenters. The van der Waals surface area contributed by atoms with Crippen molar-refractivity contribution in [2.24, 2.45) is 0 Å². The summed E-state index contributed by atoms with van der Waals surface area (Å²) in [7, 11) is 0. The van der Waals surface area contributed by atoms with Crippen molar-refractivity contribution in [2.45, 2.75) is 12.3 Å². The van der Waals surface area contributed by atoms with Crippen molar-refractivity contribution in [1.29, 1.82) is 0 Å². The van der Waals surface area contributed by atoms with Crippen LogP contribution in [0.2, 0.25) is 5.02 Å². The first-order chi connectivity index (χ1) is 9.39. The number of amides is 1. The number of para-hydroxylation sites is 1. The molecule has 4 nitrogen and oxygen atoms in total. The average molecular weight is 309 g/mol. The third-order valence-corrected chi connectivity index (χ3v) is 3.10. The highest BCUT2D eigenvalue weighted by atomic mass is 35.5. The molecule has 1 fully saturated rings. The van der Waals surface area contributed by atoms with Crippen LogP contribution in [0.5, 0.6) is 0 Å². The Morgan fingerprint density at radius 3 is 2.80 bits per heavy atom. The summed E-state index contributed by atoms with van der Waals surface area (Å²) in [4.78, 5) is 11.9. The van der Waals surface area contributed by atoms with Crippen LogP contribution < -0.4 is 10.6 Å². The molecule has 1 heterocycles. The van der Waals surface area contributed by atoms with E-state index in [2.05, 4.69) is 10.6 Å². The third-order valence-electron chi connectivity index (χ3n) is 2.79. The highest BCUT2D eigenvalue weighted by Gasteiger charge is 2.35. The molecule has 0 bridgehead atoms. The predicted molar refractivity (Wildman–Crippen MR) is 67.7 cm³/mol. The molecule has 1 aliphatic heterocycles. The Morgan fingerprint density at radius 2 is 2.20 bits per heavy atom. The van der Waals surface area contributed by atoms with E-state index in [0.717, 1.165) is 6.07 Å². The maximum atomic E-state index is 12.9. The van der Waals surface area contributed by atoms with Gasteiger partial charge in [-0.3, -0.25) is 4.79 Å². The molecule has 0 aromatic heterocycles. The number of benzene rings is 1. The molecular formula is C12H12ClF3N2O2. The number of carbonyl (C=O) groups is 1. The molecule has 0 aliphatic carbocycles. The number of ether oxygens (including phenoxy) is 1. The summed E-state index contributed by atoms with van der Waals surface area (Å²) in [6.07, 6.45) is -5.43. The van der Waals surface area contributed by atoms with E-state index < -0.39 is 29.4 Å². The Labute approximate surface area is 118 Å². The molecule has 110 valence electrons. The maximum absolute atomic E-state index is 12.9. The second-order valence-corrected chi connectivity index (χ2v) is 4.62. The summed E-state index contributed by atoms with van der Waals surface area (Å²) in [6, 6.07) is 3.33. The van der Waals surface area contributed by atoms with E-state index >= 15 is 0 Å². The van der Waals surface area contributed by atoms with Crippen LogP contribution in [0.1, 0.15) is 5.56 Å². The molecule has 1 aromatic carbocycles. The Bertz CT molecular complexity index is 502. The van der Waals surface area contributed by atoms with Gasteiger partial charge < -0.3 is 15.4 Å². The van der Waals surface area contributed by atoms with Crippen LogP contribution in [0.4, 0.5) is 18.9 Å². The molecular weight excluding hydrogens is 297 g/mol. The number of anilines is 1. The number of rotatable bonds is 2. The van der Waals surface area contributed by atoms with E-state index in [1.807, 2.05) is 0 Å². The summed E-state index contributed by atoms with van der Waals surface area (Å²) in [5.41, 5.74) is -1.43. The number of hydrogen-bond acceptors (Lipinski definition) is 3. The van der Waals surface area contributed by atoms with E-state index in [0.29, 0.717) is 13.2 Å². The van der Waals surface area contributed by atoms with Crippen LogP contribution in [0, 0.1) is 0 Å². The van der Waals surface area contributed by atoms with Gasteiger partial charge >= 0.3 is 6.18 Å². The van der Waals surface area contributed by atoms with Gasteiger partial charge in [-0.1, -0.05) is 17.7 Å². The highest BCUT2D eigenvalue weighted by molar-refractivity contribution is 6.34. The average Bonchev–Trinajstić information content (AvgIpc) is 2.40. The Morgan fingerprint density at radius 1 is 1.45 bits per heavy atom. The molecule has 2 rings (SSSR count). The lowest BCUT2D eigenvalue weighted by atomic mass is 10.1. The predicted octanol–water partition coefficient (Wildman–Crippen LogP) is 2.29. The number of halogens is 4. The molecule has 20 heavy (non-hydrogen) atoms. The van der Waals surface area contributed by atoms with Gasteiger partial charge in [-0.15, -0.1) is 0 Å². The topological polar surface area (TPSA) is 50.4 Å². The summed E-state index contributed by atoms with van der Waals surface area (Å²) in [5, 5.41) is 4.95. The lowest BCUT2D eigenvalue weighted by Crippen LogP contribution is -2.45. The van der Waals surface area contributed by atoms with Crippen LogP contribution in [-0.4, -0.2) is 31.7 Å². The van der Waals surface area contributed by atoms with Crippen LogP contribution >= 0.6 is 11.6 Å². The van der Waals surface area contributed by atoms with Crippen molar-refractivity contribution < 1.29 is 22.7 Å². The molecule has 0 saturated carbocycles. The van der Waals surface area contributed by atoms with E-state index in [-0.39, 0.29) is 11.6 Å². The summed E-state index contributed by atoms with van der Waals surface area (Å²) >= 11 is 5.75. The van der Waals surface area contributed by atoms with Crippen LogP contribution in [0.3, 0.4) is 0 Å². The number of hydrogen-bond donors (Lipinski definition) is 2. The van der Waals surface area contributed by atoms with Gasteiger partial charge in [-0.25, -0.2) is 0 Å². The largest absolute Gasteiger partial charge is 0.418 e. The minimum Gasteiger partial charge on any atom is -0.366 e. The molecule has 0 spiro atoms. The zero-order chi connectivity index (χ0) is 14.8. The number of nitrogens with one attached hydrogen (secondary N) is 2. The van der Waals surface area contributed by atoms with Crippen molar-refractivity contribution in [1.82, 2.24) is 5.32 Å². The standard InChI is InChI=1S/C12H12ClF3N2O2/c13-8-3-1-2-7(12(14,15)16)10(8)18-11(19)9-6-17-4-5-20-9/h1-3,9,17H,4-6H2,(H,18,19). The first kappa shape index (κ1) is 15.1. The van der Waals surface area contributed by atoms with Gasteiger partial charge in [0.2, 0.25) is 0 Å². The zero-order valence-corrected chi connectivity index (χ0v) is 11.0. The molecule has 0 radical (unpaired) electrons. The van der Waals surface area contributed by atoms with Crippen LogP contribution in [0.15, 0.2) is 18.2 Å². The summed E-state index contributed by atoms with van der Waals surface area (Å²) < 4.78 is 43.8. The molecule has 1 unspecified atom stereocenters. The number of carbonyl (C=O) groups excluding carboxylic acids is 1. The fraction of sp³-hybridized carbons (Fsp3) is 0.417. The van der Waals surface area contributed by atoms with E-state index in [4.69, 9.17) is 16.3 Å². The highest BCUT2D eigenvalue weighted by Crippen LogP contribution is 2.38. The molecule has 2 N–H and O–H groups in total. The zero-order valence-electron chi connectivity index (χ0n) is 10.3. The van der Waals surface area contributed by atoms with Crippen molar-refractivity contribution in [2.75, 3.05) is 25.0 Å². The van der Waals surface area contributed by atoms with Crippen molar-refractivity contribution in [3.8, 4) is 0 Å². The van der Waals surface area contributed by atoms with Crippen molar-refractivity contribution in [3.63, 3.8) is 0 Å². The second-order valence-electron chi connectivity index (χ2n) is 4.21. The lowest BCUT2D eigenvalue weighted by molar-refractivity contribution is -0.137. The smallest absolute Gasteiger partial charge is 0.366 e. The van der Waals surface area contributed by atoms with Gasteiger partial charge in [0.05, 0.1) is 22.9 Å². The number of alkyl halides is 3. The van der Waals surface area contributed by atoms with Crippen molar-refractivity contribution >= 4 is 23.2 Å². The lowest BCUT2D eigenvalue weighted by Gasteiger charge is -2.23. The third kappa shape index (κ3) is 3.41. The van der Waals surface area contributed by atoms with Gasteiger partial charge in [0, 0.05) is 13.1 Å². The first-order valence-electron chi connectivity index (χ1n) is 5.88. The molecule has 1 aliphatic rings.